The van der Waals surface area contributed by atoms with Gasteiger partial charge < -0.3 is 15.0 Å². The highest BCUT2D eigenvalue weighted by Gasteiger charge is 2.35. The second-order valence-corrected chi connectivity index (χ2v) is 5.87. The van der Waals surface area contributed by atoms with E-state index in [-0.39, 0.29) is 5.70 Å². The number of aliphatic carboxylic acids is 1. The Morgan fingerprint density at radius 3 is 2.68 bits per heavy atom. The first-order chi connectivity index (χ1) is 11.9. The van der Waals surface area contributed by atoms with E-state index >= 15 is 0 Å². The Morgan fingerprint density at radius 1 is 1.24 bits per heavy atom. The summed E-state index contributed by atoms with van der Waals surface area (Å²) >= 11 is 0. The van der Waals surface area contributed by atoms with Crippen LogP contribution in [0.1, 0.15) is 16.8 Å². The van der Waals surface area contributed by atoms with Gasteiger partial charge in [-0.05, 0) is 43.7 Å². The summed E-state index contributed by atoms with van der Waals surface area (Å²) in [6.07, 6.45) is 3.40. The first kappa shape index (κ1) is 16.5. The van der Waals surface area contributed by atoms with E-state index in [1.165, 1.54) is 0 Å². The number of urea groups is 1. The minimum atomic E-state index is -1.25. The number of amides is 3. The van der Waals surface area contributed by atoms with Crippen molar-refractivity contribution < 1.29 is 19.5 Å². The van der Waals surface area contributed by atoms with E-state index in [1.807, 2.05) is 48.9 Å². The van der Waals surface area contributed by atoms with E-state index in [0.717, 1.165) is 16.8 Å². The highest BCUT2D eigenvalue weighted by atomic mass is 16.4. The van der Waals surface area contributed by atoms with Crippen LogP contribution >= 0.6 is 0 Å². The van der Waals surface area contributed by atoms with Crippen LogP contribution in [0, 0.1) is 13.8 Å². The Balaban J connectivity index is 1.96. The summed E-state index contributed by atoms with van der Waals surface area (Å²) < 4.78 is 1.90. The zero-order valence-electron chi connectivity index (χ0n) is 13.8. The molecule has 0 unspecified atom stereocenters. The maximum Gasteiger partial charge on any atom is 0.329 e. The van der Waals surface area contributed by atoms with Crippen LogP contribution < -0.4 is 5.32 Å². The molecule has 1 aliphatic rings. The van der Waals surface area contributed by atoms with Gasteiger partial charge in [-0.2, -0.15) is 0 Å². The molecule has 25 heavy (non-hydrogen) atoms. The quantitative estimate of drug-likeness (QED) is 0.659. The first-order valence-corrected chi connectivity index (χ1v) is 7.68. The third-order valence-corrected chi connectivity index (χ3v) is 3.94. The van der Waals surface area contributed by atoms with Gasteiger partial charge >= 0.3 is 12.0 Å². The van der Waals surface area contributed by atoms with Gasteiger partial charge in [-0.25, -0.2) is 9.69 Å². The fourth-order valence-corrected chi connectivity index (χ4v) is 2.81. The fourth-order valence-electron chi connectivity index (χ4n) is 2.81. The molecule has 0 aliphatic carbocycles. The number of benzene rings is 1. The molecule has 0 bridgehead atoms. The van der Waals surface area contributed by atoms with Crippen LogP contribution in [0.5, 0.6) is 0 Å². The van der Waals surface area contributed by atoms with E-state index in [0.29, 0.717) is 10.6 Å². The summed E-state index contributed by atoms with van der Waals surface area (Å²) in [5, 5.41) is 11.2. The largest absolute Gasteiger partial charge is 0.480 e. The lowest BCUT2D eigenvalue weighted by Gasteiger charge is -2.11. The topological polar surface area (TPSA) is 91.6 Å². The molecule has 1 saturated heterocycles. The number of imide groups is 1. The molecular weight excluding hydrogens is 322 g/mol. The molecule has 2 heterocycles. The van der Waals surface area contributed by atoms with Crippen molar-refractivity contribution in [3.05, 3.63) is 59.0 Å². The Kier molecular flexibility index (Phi) is 4.14. The van der Waals surface area contributed by atoms with Gasteiger partial charge in [-0.3, -0.25) is 9.59 Å². The van der Waals surface area contributed by atoms with Gasteiger partial charge in [0.25, 0.3) is 5.91 Å². The molecule has 0 spiro atoms. The standard InChI is InChI=1S/C18H17N3O4/c1-11-5-6-15(12(2)8-11)20-7-3-4-13(20)9-14-17(24)21(10-16(22)23)18(25)19-14/h3-9H,10H2,1-2H3,(H,19,25)(H,22,23)/b14-9+. The monoisotopic (exact) mass is 339 g/mol. The Bertz CT molecular complexity index is 911. The molecule has 2 aromatic rings. The summed E-state index contributed by atoms with van der Waals surface area (Å²) in [7, 11) is 0. The molecule has 0 saturated carbocycles. The van der Waals surface area contributed by atoms with Gasteiger partial charge in [0.1, 0.15) is 12.2 Å². The van der Waals surface area contributed by atoms with E-state index < -0.39 is 24.5 Å². The minimum Gasteiger partial charge on any atom is -0.480 e. The SMILES string of the molecule is Cc1ccc(-n2cccc2/C=C2/NC(=O)N(CC(=O)O)C2=O)c(C)c1. The van der Waals surface area contributed by atoms with Crippen LogP contribution in [0.2, 0.25) is 0 Å². The van der Waals surface area contributed by atoms with Gasteiger partial charge in [-0.15, -0.1) is 0 Å². The number of carbonyl (C=O) groups is 3. The third kappa shape index (κ3) is 3.16. The Morgan fingerprint density at radius 2 is 2.00 bits per heavy atom. The van der Waals surface area contributed by atoms with Gasteiger partial charge in [0, 0.05) is 17.6 Å². The van der Waals surface area contributed by atoms with Gasteiger partial charge in [-0.1, -0.05) is 17.7 Å². The summed E-state index contributed by atoms with van der Waals surface area (Å²) in [5.74, 6) is -1.90. The zero-order chi connectivity index (χ0) is 18.1. The number of nitrogens with one attached hydrogen (secondary N) is 1. The number of aryl methyl sites for hydroxylation is 2. The lowest BCUT2D eigenvalue weighted by atomic mass is 10.1. The summed E-state index contributed by atoms with van der Waals surface area (Å²) in [6, 6.07) is 8.95. The molecule has 0 radical (unpaired) electrons. The van der Waals surface area contributed by atoms with Crippen LogP contribution in [-0.2, 0) is 9.59 Å². The molecular formula is C18H17N3O4. The minimum absolute atomic E-state index is 0.0518. The highest BCUT2D eigenvalue weighted by Crippen LogP contribution is 2.21. The van der Waals surface area contributed by atoms with E-state index in [1.54, 1.807) is 6.08 Å². The van der Waals surface area contributed by atoms with Gasteiger partial charge in [0.05, 0.1) is 0 Å². The van der Waals surface area contributed by atoms with E-state index in [4.69, 9.17) is 5.11 Å². The average molecular weight is 339 g/mol. The smallest absolute Gasteiger partial charge is 0.329 e. The van der Waals surface area contributed by atoms with Gasteiger partial charge in [0.2, 0.25) is 0 Å². The summed E-state index contributed by atoms with van der Waals surface area (Å²) in [6.45, 7) is 3.34. The average Bonchev–Trinajstić information content (AvgIpc) is 3.08. The second kappa shape index (κ2) is 6.27. The number of rotatable bonds is 4. The van der Waals surface area contributed by atoms with Crippen molar-refractivity contribution in [2.75, 3.05) is 6.54 Å². The van der Waals surface area contributed by atoms with Crippen LogP contribution in [0.15, 0.2) is 42.2 Å². The van der Waals surface area contributed by atoms with Crippen LogP contribution in [-0.4, -0.2) is 39.0 Å². The van der Waals surface area contributed by atoms with Crippen LogP contribution in [0.3, 0.4) is 0 Å². The number of carbonyl (C=O) groups excluding carboxylic acids is 2. The first-order valence-electron chi connectivity index (χ1n) is 7.68. The third-order valence-electron chi connectivity index (χ3n) is 3.94. The number of carboxylic acids is 1. The van der Waals surface area contributed by atoms with Crippen molar-refractivity contribution in [3.8, 4) is 5.69 Å². The predicted molar refractivity (Wildman–Crippen MR) is 91.1 cm³/mol. The number of aromatic nitrogens is 1. The molecule has 128 valence electrons. The van der Waals surface area contributed by atoms with E-state index in [9.17, 15) is 14.4 Å². The lowest BCUT2D eigenvalue weighted by molar-refractivity contribution is -0.140. The summed E-state index contributed by atoms with van der Waals surface area (Å²) in [5.41, 5.74) is 3.94. The maximum absolute atomic E-state index is 12.2. The van der Waals surface area contributed by atoms with Crippen LogP contribution in [0.25, 0.3) is 11.8 Å². The molecule has 0 atom stereocenters. The van der Waals surface area contributed by atoms with Crippen molar-refractivity contribution in [1.82, 2.24) is 14.8 Å². The van der Waals surface area contributed by atoms with Crippen molar-refractivity contribution in [2.45, 2.75) is 13.8 Å². The van der Waals surface area contributed by atoms with E-state index in [2.05, 4.69) is 11.4 Å². The second-order valence-electron chi connectivity index (χ2n) is 5.87. The Hall–Kier alpha value is -3.35. The normalized spacial score (nSPS) is 15.8. The van der Waals surface area contributed by atoms with Crippen molar-refractivity contribution >= 4 is 24.0 Å². The fraction of sp³-hybridized carbons (Fsp3) is 0.167. The zero-order valence-corrected chi connectivity index (χ0v) is 13.8. The molecule has 3 rings (SSSR count). The molecule has 7 heteroatoms. The molecule has 3 amide bonds. The molecule has 1 fully saturated rings. The van der Waals surface area contributed by atoms with Crippen molar-refractivity contribution in [1.29, 1.82) is 0 Å². The highest BCUT2D eigenvalue weighted by molar-refractivity contribution is 6.15. The van der Waals surface area contributed by atoms with Crippen molar-refractivity contribution in [2.24, 2.45) is 0 Å². The number of hydrogen-bond donors (Lipinski definition) is 2. The predicted octanol–water partition coefficient (Wildman–Crippen LogP) is 2.07. The Labute approximate surface area is 144 Å². The maximum atomic E-state index is 12.2. The van der Waals surface area contributed by atoms with Crippen molar-refractivity contribution in [3.63, 3.8) is 0 Å². The molecule has 1 aromatic carbocycles. The number of hydrogen-bond acceptors (Lipinski definition) is 3. The lowest BCUT2D eigenvalue weighted by Crippen LogP contribution is -2.35. The molecule has 2 N–H and O–H groups in total. The van der Waals surface area contributed by atoms with Gasteiger partial charge in [0.15, 0.2) is 0 Å². The number of nitrogens with zero attached hydrogens (tertiary/aromatic N) is 2. The molecule has 1 aromatic heterocycles. The molecule has 7 nitrogen and oxygen atoms in total. The molecule has 1 aliphatic heterocycles. The van der Waals surface area contributed by atoms with Crippen LogP contribution in [0.4, 0.5) is 4.79 Å². The summed E-state index contributed by atoms with van der Waals surface area (Å²) in [4.78, 5) is 35.5. The number of carboxylic acid groups (broad SMARTS) is 1.